The topological polar surface area (TPSA) is 53.9 Å². The van der Waals surface area contributed by atoms with Gasteiger partial charge in [0, 0.05) is 15.6 Å². The molecule has 0 atom stereocenters. The van der Waals surface area contributed by atoms with Crippen molar-refractivity contribution in [1.29, 1.82) is 0 Å². The lowest BCUT2D eigenvalue weighted by Crippen LogP contribution is -3.16. The molecule has 5 nitrogen and oxygen atoms in total. The Kier molecular flexibility index (Phi) is 5.81. The van der Waals surface area contributed by atoms with E-state index in [9.17, 15) is 9.59 Å². The number of carbonyl (C=O) groups is 2. The van der Waals surface area contributed by atoms with Crippen molar-refractivity contribution in [2.75, 3.05) is 32.7 Å². The Bertz CT molecular complexity index is 558. The van der Waals surface area contributed by atoms with E-state index in [1.165, 1.54) is 4.90 Å². The summed E-state index contributed by atoms with van der Waals surface area (Å²) in [7, 11) is 0. The van der Waals surface area contributed by atoms with Gasteiger partial charge < -0.3 is 15.1 Å². The summed E-state index contributed by atoms with van der Waals surface area (Å²) in [4.78, 5) is 27.5. The third-order valence-electron chi connectivity index (χ3n) is 3.77. The maximum Gasteiger partial charge on any atom is 0.275 e. The van der Waals surface area contributed by atoms with Crippen LogP contribution in [0.1, 0.15) is 31.1 Å². The van der Waals surface area contributed by atoms with Gasteiger partial charge in [-0.25, -0.2) is 0 Å². The molecule has 0 aliphatic carbocycles. The molecule has 1 saturated heterocycles. The van der Waals surface area contributed by atoms with E-state index in [1.54, 1.807) is 0 Å². The Morgan fingerprint density at radius 3 is 2.26 bits per heavy atom. The maximum absolute atomic E-state index is 12.4. The third kappa shape index (κ3) is 5.62. The van der Waals surface area contributed by atoms with Gasteiger partial charge in [0.15, 0.2) is 6.54 Å². The predicted octanol–water partition coefficient (Wildman–Crippen LogP) is 0.705. The second kappa shape index (κ2) is 7.45. The minimum atomic E-state index is -0.199. The first-order chi connectivity index (χ1) is 10.7. The van der Waals surface area contributed by atoms with Gasteiger partial charge in [-0.3, -0.25) is 9.59 Å². The van der Waals surface area contributed by atoms with Crippen molar-refractivity contribution >= 4 is 27.7 Å². The van der Waals surface area contributed by atoms with Crippen molar-refractivity contribution in [3.05, 3.63) is 34.3 Å². The normalized spacial score (nSPS) is 16.3. The average Bonchev–Trinajstić information content (AvgIpc) is 2.46. The van der Waals surface area contributed by atoms with Crippen LogP contribution in [0.15, 0.2) is 28.7 Å². The number of hydrogen-bond donors (Lipinski definition) is 2. The smallest absolute Gasteiger partial charge is 0.275 e. The molecule has 1 aromatic rings. The van der Waals surface area contributed by atoms with Gasteiger partial charge in [-0.1, -0.05) is 15.9 Å². The summed E-state index contributed by atoms with van der Waals surface area (Å²) in [6.07, 6.45) is 0. The molecule has 1 aromatic carbocycles. The second-order valence-corrected chi connectivity index (χ2v) is 7.94. The van der Waals surface area contributed by atoms with Crippen LogP contribution in [0.2, 0.25) is 0 Å². The van der Waals surface area contributed by atoms with E-state index in [1.807, 2.05) is 49.9 Å². The largest absolute Gasteiger partial charge is 0.347 e. The number of halogens is 1. The summed E-state index contributed by atoms with van der Waals surface area (Å²) in [5.74, 6) is 0.135. The van der Waals surface area contributed by atoms with Crippen LogP contribution >= 0.6 is 15.9 Å². The lowest BCUT2D eigenvalue weighted by Gasteiger charge is -2.32. The van der Waals surface area contributed by atoms with Crippen molar-refractivity contribution in [3.8, 4) is 0 Å². The molecule has 2 rings (SSSR count). The Morgan fingerprint density at radius 1 is 1.17 bits per heavy atom. The van der Waals surface area contributed by atoms with Crippen molar-refractivity contribution < 1.29 is 14.5 Å². The molecule has 126 valence electrons. The fraction of sp³-hybridized carbons (Fsp3) is 0.529. The number of nitrogens with one attached hydrogen (secondary N) is 2. The summed E-state index contributed by atoms with van der Waals surface area (Å²) in [5.41, 5.74) is 0.512. The Labute approximate surface area is 146 Å². The molecule has 0 saturated carbocycles. The molecule has 6 heteroatoms. The fourth-order valence-corrected chi connectivity index (χ4v) is 2.93. The molecule has 0 bridgehead atoms. The molecule has 2 N–H and O–H groups in total. The van der Waals surface area contributed by atoms with E-state index in [2.05, 4.69) is 21.2 Å². The van der Waals surface area contributed by atoms with Crippen LogP contribution in [0, 0.1) is 0 Å². The van der Waals surface area contributed by atoms with E-state index >= 15 is 0 Å². The minimum absolute atomic E-state index is 0.0655. The van der Waals surface area contributed by atoms with E-state index in [0.29, 0.717) is 25.2 Å². The monoisotopic (exact) mass is 382 g/mol. The lowest BCUT2D eigenvalue weighted by molar-refractivity contribution is -0.896. The molecule has 1 fully saturated rings. The molecule has 1 aliphatic heterocycles. The highest BCUT2D eigenvalue weighted by molar-refractivity contribution is 9.10. The number of benzene rings is 1. The van der Waals surface area contributed by atoms with Crippen molar-refractivity contribution in [2.24, 2.45) is 0 Å². The number of carbonyl (C=O) groups excluding carboxylic acids is 2. The van der Waals surface area contributed by atoms with Crippen LogP contribution in [0.25, 0.3) is 0 Å². The highest BCUT2D eigenvalue weighted by atomic mass is 79.9. The van der Waals surface area contributed by atoms with Gasteiger partial charge in [0.2, 0.25) is 0 Å². The van der Waals surface area contributed by atoms with Gasteiger partial charge >= 0.3 is 0 Å². The average molecular weight is 383 g/mol. The molecule has 0 radical (unpaired) electrons. The Balaban J connectivity index is 1.83. The third-order valence-corrected chi connectivity index (χ3v) is 4.30. The molecule has 2 amide bonds. The summed E-state index contributed by atoms with van der Waals surface area (Å²) < 4.78 is 0.966. The van der Waals surface area contributed by atoms with Crippen LogP contribution in [-0.4, -0.2) is 55.0 Å². The molecular weight excluding hydrogens is 358 g/mol. The Morgan fingerprint density at radius 2 is 1.74 bits per heavy atom. The lowest BCUT2D eigenvalue weighted by atomic mass is 10.1. The first kappa shape index (κ1) is 17.9. The molecule has 1 heterocycles. The standard InChI is InChI=1S/C17H24BrN3O2/c1-17(2,3)19-15(22)12-20-8-10-21(11-9-20)16(23)13-4-6-14(18)7-5-13/h4-7H,8-12H2,1-3H3,(H,19,22)/p+1. The van der Waals surface area contributed by atoms with Crippen molar-refractivity contribution in [1.82, 2.24) is 10.2 Å². The van der Waals surface area contributed by atoms with E-state index in [-0.39, 0.29) is 17.4 Å². The zero-order valence-electron chi connectivity index (χ0n) is 14.0. The van der Waals surface area contributed by atoms with Crippen LogP contribution in [-0.2, 0) is 4.79 Å². The highest BCUT2D eigenvalue weighted by Crippen LogP contribution is 2.12. The van der Waals surface area contributed by atoms with Gasteiger partial charge in [0.25, 0.3) is 11.8 Å². The molecular formula is C17H25BrN3O2+. The van der Waals surface area contributed by atoms with Crippen LogP contribution in [0.4, 0.5) is 0 Å². The van der Waals surface area contributed by atoms with Crippen LogP contribution < -0.4 is 10.2 Å². The zero-order valence-corrected chi connectivity index (χ0v) is 15.6. The van der Waals surface area contributed by atoms with Gasteiger partial charge in [-0.2, -0.15) is 0 Å². The molecule has 23 heavy (non-hydrogen) atoms. The summed E-state index contributed by atoms with van der Waals surface area (Å²) in [5, 5.41) is 2.99. The Hall–Kier alpha value is -1.40. The number of nitrogens with zero attached hydrogens (tertiary/aromatic N) is 1. The van der Waals surface area contributed by atoms with Crippen LogP contribution in [0.3, 0.4) is 0 Å². The molecule has 0 spiro atoms. The fourth-order valence-electron chi connectivity index (χ4n) is 2.67. The summed E-state index contributed by atoms with van der Waals surface area (Å²) in [6.45, 7) is 9.40. The predicted molar refractivity (Wildman–Crippen MR) is 93.5 cm³/mol. The van der Waals surface area contributed by atoms with Crippen LogP contribution in [0.5, 0.6) is 0 Å². The van der Waals surface area contributed by atoms with Gasteiger partial charge in [0.1, 0.15) is 0 Å². The van der Waals surface area contributed by atoms with Crippen molar-refractivity contribution in [3.63, 3.8) is 0 Å². The van der Waals surface area contributed by atoms with Gasteiger partial charge in [0.05, 0.1) is 26.2 Å². The SMILES string of the molecule is CC(C)(C)NC(=O)C[NH+]1CCN(C(=O)c2ccc(Br)cc2)CC1. The van der Waals surface area contributed by atoms with E-state index < -0.39 is 0 Å². The number of rotatable bonds is 3. The minimum Gasteiger partial charge on any atom is -0.347 e. The summed E-state index contributed by atoms with van der Waals surface area (Å²) in [6, 6.07) is 7.43. The number of amides is 2. The number of piperazine rings is 1. The highest BCUT2D eigenvalue weighted by Gasteiger charge is 2.26. The van der Waals surface area contributed by atoms with Gasteiger partial charge in [-0.15, -0.1) is 0 Å². The number of hydrogen-bond acceptors (Lipinski definition) is 2. The van der Waals surface area contributed by atoms with Crippen molar-refractivity contribution in [2.45, 2.75) is 26.3 Å². The molecule has 1 aliphatic rings. The van der Waals surface area contributed by atoms with E-state index in [0.717, 1.165) is 17.6 Å². The quantitative estimate of drug-likeness (QED) is 0.808. The first-order valence-electron chi connectivity index (χ1n) is 7.94. The molecule has 0 aromatic heterocycles. The zero-order chi connectivity index (χ0) is 17.0. The number of quaternary nitrogens is 1. The van der Waals surface area contributed by atoms with E-state index in [4.69, 9.17) is 0 Å². The second-order valence-electron chi connectivity index (χ2n) is 7.02. The maximum atomic E-state index is 12.4. The summed E-state index contributed by atoms with van der Waals surface area (Å²) >= 11 is 3.38. The van der Waals surface area contributed by atoms with Gasteiger partial charge in [-0.05, 0) is 45.0 Å². The molecule has 0 unspecified atom stereocenters. The first-order valence-corrected chi connectivity index (χ1v) is 8.73.